The summed E-state index contributed by atoms with van der Waals surface area (Å²) >= 11 is 0. The molecule has 21 heavy (non-hydrogen) atoms. The summed E-state index contributed by atoms with van der Waals surface area (Å²) in [6.07, 6.45) is 0.336. The summed E-state index contributed by atoms with van der Waals surface area (Å²) in [4.78, 5) is 21.8. The molecule has 0 saturated heterocycles. The molecule has 0 aromatic heterocycles. The van der Waals surface area contributed by atoms with Crippen molar-refractivity contribution in [2.75, 3.05) is 13.7 Å². The molecule has 0 spiro atoms. The van der Waals surface area contributed by atoms with E-state index in [1.54, 1.807) is 6.92 Å². The lowest BCUT2D eigenvalue weighted by molar-refractivity contribution is -0.140. The number of aryl methyl sites for hydroxylation is 1. The van der Waals surface area contributed by atoms with Gasteiger partial charge < -0.3 is 9.84 Å². The third-order valence-corrected chi connectivity index (χ3v) is 4.38. The molecule has 0 amide bonds. The van der Waals surface area contributed by atoms with E-state index in [0.717, 1.165) is 6.07 Å². The highest BCUT2D eigenvalue weighted by Crippen LogP contribution is 2.18. The van der Waals surface area contributed by atoms with Crippen LogP contribution in [0.15, 0.2) is 23.1 Å². The Morgan fingerprint density at radius 2 is 2.00 bits per heavy atom. The van der Waals surface area contributed by atoms with E-state index in [9.17, 15) is 18.0 Å². The van der Waals surface area contributed by atoms with E-state index in [1.165, 1.54) is 19.2 Å². The molecule has 8 heteroatoms. The minimum absolute atomic E-state index is 0.0882. The van der Waals surface area contributed by atoms with Crippen molar-refractivity contribution >= 4 is 22.0 Å². The van der Waals surface area contributed by atoms with Crippen LogP contribution in [-0.4, -0.2) is 39.1 Å². The molecule has 0 atom stereocenters. The van der Waals surface area contributed by atoms with Gasteiger partial charge >= 0.3 is 11.9 Å². The maximum atomic E-state index is 12.2. The first-order valence-corrected chi connectivity index (χ1v) is 7.72. The number of nitrogens with one attached hydrogen (secondary N) is 1. The van der Waals surface area contributed by atoms with Crippen LogP contribution in [0, 0.1) is 0 Å². The van der Waals surface area contributed by atoms with Crippen molar-refractivity contribution in [2.45, 2.75) is 24.7 Å². The van der Waals surface area contributed by atoms with Crippen molar-refractivity contribution < 1.29 is 27.9 Å². The van der Waals surface area contributed by atoms with E-state index < -0.39 is 22.0 Å². The Hall–Kier alpha value is -1.93. The lowest BCUT2D eigenvalue weighted by Gasteiger charge is -2.11. The minimum Gasteiger partial charge on any atom is -0.478 e. The number of carboxylic acids is 1. The molecule has 0 unspecified atom stereocenters. The van der Waals surface area contributed by atoms with Crippen LogP contribution in [0.3, 0.4) is 0 Å². The van der Waals surface area contributed by atoms with Crippen molar-refractivity contribution in [3.05, 3.63) is 29.3 Å². The topological polar surface area (TPSA) is 110 Å². The normalized spacial score (nSPS) is 11.1. The predicted octanol–water partition coefficient (Wildman–Crippen LogP) is 0.789. The molecule has 0 aliphatic heterocycles. The van der Waals surface area contributed by atoms with E-state index >= 15 is 0 Å². The number of sulfonamides is 1. The average molecular weight is 315 g/mol. The van der Waals surface area contributed by atoms with Crippen LogP contribution in [0.1, 0.15) is 29.3 Å². The first-order valence-electron chi connectivity index (χ1n) is 6.24. The van der Waals surface area contributed by atoms with Crippen LogP contribution < -0.4 is 4.72 Å². The minimum atomic E-state index is -3.88. The van der Waals surface area contributed by atoms with Gasteiger partial charge in [0.25, 0.3) is 0 Å². The predicted molar refractivity (Wildman–Crippen MR) is 74.6 cm³/mol. The number of rotatable bonds is 7. The number of carbonyl (C=O) groups is 2. The fourth-order valence-corrected chi connectivity index (χ4v) is 3.06. The van der Waals surface area contributed by atoms with Gasteiger partial charge in [0.1, 0.15) is 0 Å². The molecule has 0 aliphatic rings. The van der Waals surface area contributed by atoms with Crippen molar-refractivity contribution in [1.29, 1.82) is 0 Å². The highest BCUT2D eigenvalue weighted by molar-refractivity contribution is 7.89. The summed E-state index contributed by atoms with van der Waals surface area (Å²) in [5, 5.41) is 8.94. The summed E-state index contributed by atoms with van der Waals surface area (Å²) in [5.74, 6) is -1.74. The van der Waals surface area contributed by atoms with Gasteiger partial charge in [-0.2, -0.15) is 0 Å². The number of carboxylic acid groups (broad SMARTS) is 1. The molecule has 1 aromatic carbocycles. The first-order chi connectivity index (χ1) is 9.81. The maximum Gasteiger partial charge on any atom is 0.335 e. The van der Waals surface area contributed by atoms with Crippen LogP contribution in [-0.2, 0) is 26.0 Å². The van der Waals surface area contributed by atoms with Crippen molar-refractivity contribution in [2.24, 2.45) is 0 Å². The van der Waals surface area contributed by atoms with Gasteiger partial charge in [0.05, 0.1) is 24.0 Å². The molecule has 0 saturated carbocycles. The highest BCUT2D eigenvalue weighted by Gasteiger charge is 2.20. The van der Waals surface area contributed by atoms with Gasteiger partial charge in [-0.15, -0.1) is 0 Å². The number of ether oxygens (including phenoxy) is 1. The van der Waals surface area contributed by atoms with Crippen molar-refractivity contribution in [3.8, 4) is 0 Å². The van der Waals surface area contributed by atoms with Crippen molar-refractivity contribution in [3.63, 3.8) is 0 Å². The number of benzene rings is 1. The Morgan fingerprint density at radius 3 is 2.52 bits per heavy atom. The number of aromatic carboxylic acids is 1. The van der Waals surface area contributed by atoms with Gasteiger partial charge in [-0.3, -0.25) is 4.79 Å². The Kier molecular flexibility index (Phi) is 5.86. The first kappa shape index (κ1) is 17.1. The van der Waals surface area contributed by atoms with E-state index in [0.29, 0.717) is 12.0 Å². The lowest BCUT2D eigenvalue weighted by Crippen LogP contribution is -2.27. The molecule has 1 aromatic rings. The molecule has 0 fully saturated rings. The zero-order valence-corrected chi connectivity index (χ0v) is 12.6. The second-order valence-corrected chi connectivity index (χ2v) is 5.94. The van der Waals surface area contributed by atoms with Crippen molar-refractivity contribution in [1.82, 2.24) is 4.72 Å². The summed E-state index contributed by atoms with van der Waals surface area (Å²) in [6.45, 7) is 1.65. The quantitative estimate of drug-likeness (QED) is 0.720. The average Bonchev–Trinajstić information content (AvgIpc) is 2.45. The number of hydrogen-bond acceptors (Lipinski definition) is 5. The number of hydrogen-bond donors (Lipinski definition) is 2. The Balaban J connectivity index is 3.03. The smallest absolute Gasteiger partial charge is 0.335 e. The number of esters is 1. The molecule has 0 aliphatic carbocycles. The molecule has 0 bridgehead atoms. The van der Waals surface area contributed by atoms with Crippen LogP contribution >= 0.6 is 0 Å². The molecule has 116 valence electrons. The SMILES string of the molecule is CCc1ccc(C(=O)O)cc1S(=O)(=O)NCCC(=O)OC. The van der Waals surface area contributed by atoms with Crippen LogP contribution in [0.4, 0.5) is 0 Å². The standard InChI is InChI=1S/C13H17NO6S/c1-3-9-4-5-10(13(16)17)8-11(9)21(18,19)14-7-6-12(15)20-2/h4-5,8,14H,3,6-7H2,1-2H3,(H,16,17). The molecule has 1 rings (SSSR count). The fraction of sp³-hybridized carbons (Fsp3) is 0.385. The van der Waals surface area contributed by atoms with Gasteiger partial charge in [0.2, 0.25) is 10.0 Å². The van der Waals surface area contributed by atoms with Crippen LogP contribution in [0.25, 0.3) is 0 Å². The highest BCUT2D eigenvalue weighted by atomic mass is 32.2. The third-order valence-electron chi connectivity index (χ3n) is 2.83. The monoisotopic (exact) mass is 315 g/mol. The van der Waals surface area contributed by atoms with E-state index in [-0.39, 0.29) is 23.4 Å². The maximum absolute atomic E-state index is 12.2. The van der Waals surface area contributed by atoms with E-state index in [1.807, 2.05) is 0 Å². The van der Waals surface area contributed by atoms with Gasteiger partial charge in [0, 0.05) is 6.54 Å². The summed E-state index contributed by atoms with van der Waals surface area (Å²) in [6, 6.07) is 3.94. The Labute approximate surface area is 123 Å². The largest absolute Gasteiger partial charge is 0.478 e. The molecular formula is C13H17NO6S. The lowest BCUT2D eigenvalue weighted by atomic mass is 10.1. The molecule has 0 radical (unpaired) electrons. The fourth-order valence-electron chi connectivity index (χ4n) is 1.70. The second kappa shape index (κ2) is 7.19. The molecule has 7 nitrogen and oxygen atoms in total. The summed E-state index contributed by atoms with van der Waals surface area (Å²) in [7, 11) is -2.67. The number of methoxy groups -OCH3 is 1. The Morgan fingerprint density at radius 1 is 1.33 bits per heavy atom. The molecule has 2 N–H and O–H groups in total. The van der Waals surface area contributed by atoms with Crippen LogP contribution in [0.2, 0.25) is 0 Å². The van der Waals surface area contributed by atoms with Crippen LogP contribution in [0.5, 0.6) is 0 Å². The number of carbonyl (C=O) groups excluding carboxylic acids is 1. The van der Waals surface area contributed by atoms with Gasteiger partial charge in [-0.1, -0.05) is 13.0 Å². The zero-order valence-electron chi connectivity index (χ0n) is 11.8. The van der Waals surface area contributed by atoms with Gasteiger partial charge in [0.15, 0.2) is 0 Å². The van der Waals surface area contributed by atoms with Gasteiger partial charge in [-0.05, 0) is 24.1 Å². The summed E-state index contributed by atoms with van der Waals surface area (Å²) < 4.78 is 31.1. The van der Waals surface area contributed by atoms with Gasteiger partial charge in [-0.25, -0.2) is 17.9 Å². The third kappa shape index (κ3) is 4.54. The van der Waals surface area contributed by atoms with E-state index in [2.05, 4.69) is 9.46 Å². The summed E-state index contributed by atoms with van der Waals surface area (Å²) in [5.41, 5.74) is 0.395. The Bertz CT molecular complexity index is 638. The van der Waals surface area contributed by atoms with E-state index in [4.69, 9.17) is 5.11 Å². The molecular weight excluding hydrogens is 298 g/mol. The zero-order chi connectivity index (χ0) is 16.0. The second-order valence-electron chi connectivity index (χ2n) is 4.21. The molecule has 0 heterocycles.